The summed E-state index contributed by atoms with van der Waals surface area (Å²) in [5.41, 5.74) is 1.47. The smallest absolute Gasteiger partial charge is 0.253 e. The Bertz CT molecular complexity index is 906. The second-order valence-corrected chi connectivity index (χ2v) is 9.42. The van der Waals surface area contributed by atoms with Crippen LogP contribution in [0.25, 0.3) is 0 Å². The van der Waals surface area contributed by atoms with Crippen LogP contribution in [0.3, 0.4) is 0 Å². The maximum atomic E-state index is 13.3. The first kappa shape index (κ1) is 22.4. The van der Waals surface area contributed by atoms with Crippen molar-refractivity contribution in [3.63, 3.8) is 0 Å². The number of hydrogen-bond acceptors (Lipinski definition) is 3. The van der Waals surface area contributed by atoms with Gasteiger partial charge in [-0.15, -0.1) is 0 Å². The Morgan fingerprint density at radius 2 is 1.56 bits per heavy atom. The highest BCUT2D eigenvalue weighted by Gasteiger charge is 2.41. The van der Waals surface area contributed by atoms with Crippen molar-refractivity contribution in [3.05, 3.63) is 65.7 Å². The van der Waals surface area contributed by atoms with E-state index in [9.17, 15) is 9.59 Å². The highest BCUT2D eigenvalue weighted by molar-refractivity contribution is 5.94. The number of likely N-dealkylation sites (tertiary alicyclic amines) is 2. The molecule has 0 bridgehead atoms. The number of aryl methyl sites for hydroxylation is 1. The molecule has 0 radical (unpaired) electrons. The molecule has 0 aliphatic carbocycles. The highest BCUT2D eigenvalue weighted by atomic mass is 16.5. The largest absolute Gasteiger partial charge is 0.493 e. The summed E-state index contributed by atoms with van der Waals surface area (Å²) in [5.74, 6) is 1.05. The Morgan fingerprint density at radius 3 is 2.28 bits per heavy atom. The van der Waals surface area contributed by atoms with Crippen molar-refractivity contribution >= 4 is 11.8 Å². The molecule has 0 spiro atoms. The molecule has 5 nitrogen and oxygen atoms in total. The standard InChI is InChI=1S/C27H34N2O3/c1-22-11-13-23(14-12-22)26(31)29-18-8-15-27(20-29,21-32-24-9-4-2-5-10-24)19-25(30)28-16-6-3-7-17-28/h2,4-5,9-14H,3,6-8,15-21H2,1H3/t27-/m1/s1. The van der Waals surface area contributed by atoms with Crippen molar-refractivity contribution < 1.29 is 14.3 Å². The predicted octanol–water partition coefficient (Wildman–Crippen LogP) is 4.70. The van der Waals surface area contributed by atoms with Crippen LogP contribution in [-0.2, 0) is 4.79 Å². The zero-order valence-corrected chi connectivity index (χ0v) is 19.1. The van der Waals surface area contributed by atoms with Crippen LogP contribution in [0, 0.1) is 12.3 Å². The summed E-state index contributed by atoms with van der Waals surface area (Å²) in [6.07, 6.45) is 5.55. The second kappa shape index (κ2) is 10.2. The number of para-hydroxylation sites is 1. The van der Waals surface area contributed by atoms with Gasteiger partial charge >= 0.3 is 0 Å². The molecular formula is C27H34N2O3. The van der Waals surface area contributed by atoms with Crippen molar-refractivity contribution in [2.75, 3.05) is 32.8 Å². The Morgan fingerprint density at radius 1 is 0.875 bits per heavy atom. The van der Waals surface area contributed by atoms with Crippen molar-refractivity contribution in [1.29, 1.82) is 0 Å². The number of carbonyl (C=O) groups excluding carboxylic acids is 2. The first-order valence-electron chi connectivity index (χ1n) is 11.9. The molecule has 1 atom stereocenters. The molecular weight excluding hydrogens is 400 g/mol. The fourth-order valence-corrected chi connectivity index (χ4v) is 4.90. The van der Waals surface area contributed by atoms with E-state index in [1.807, 2.05) is 71.3 Å². The van der Waals surface area contributed by atoms with Crippen LogP contribution in [0.15, 0.2) is 54.6 Å². The van der Waals surface area contributed by atoms with Crippen LogP contribution >= 0.6 is 0 Å². The maximum absolute atomic E-state index is 13.3. The number of amides is 2. The molecule has 2 aromatic carbocycles. The van der Waals surface area contributed by atoms with Crippen LogP contribution in [0.5, 0.6) is 5.75 Å². The number of nitrogens with zero attached hydrogens (tertiary/aromatic N) is 2. The molecule has 2 aromatic rings. The SMILES string of the molecule is Cc1ccc(C(=O)N2CCC[C@@](COc3ccccc3)(CC(=O)N3CCCCC3)C2)cc1. The predicted molar refractivity (Wildman–Crippen MR) is 126 cm³/mol. The van der Waals surface area contributed by atoms with Crippen LogP contribution in [0.2, 0.25) is 0 Å². The molecule has 32 heavy (non-hydrogen) atoms. The fraction of sp³-hybridized carbons (Fsp3) is 0.481. The van der Waals surface area contributed by atoms with Gasteiger partial charge in [-0.3, -0.25) is 9.59 Å². The van der Waals surface area contributed by atoms with E-state index in [4.69, 9.17) is 4.74 Å². The summed E-state index contributed by atoms with van der Waals surface area (Å²) in [6, 6.07) is 17.5. The van der Waals surface area contributed by atoms with Gasteiger partial charge in [-0.1, -0.05) is 35.9 Å². The highest BCUT2D eigenvalue weighted by Crippen LogP contribution is 2.36. The van der Waals surface area contributed by atoms with E-state index >= 15 is 0 Å². The minimum atomic E-state index is -0.372. The van der Waals surface area contributed by atoms with E-state index in [1.165, 1.54) is 6.42 Å². The molecule has 2 saturated heterocycles. The van der Waals surface area contributed by atoms with Gasteiger partial charge < -0.3 is 14.5 Å². The normalized spacial score (nSPS) is 21.3. The lowest BCUT2D eigenvalue weighted by molar-refractivity contribution is -0.136. The van der Waals surface area contributed by atoms with Crippen LogP contribution in [-0.4, -0.2) is 54.4 Å². The average Bonchev–Trinajstić information content (AvgIpc) is 2.84. The van der Waals surface area contributed by atoms with E-state index in [0.717, 1.165) is 56.6 Å². The Labute approximate surface area is 191 Å². The zero-order chi connectivity index (χ0) is 22.4. The van der Waals surface area contributed by atoms with Gasteiger partial charge in [-0.2, -0.15) is 0 Å². The molecule has 2 amide bonds. The van der Waals surface area contributed by atoms with E-state index in [-0.39, 0.29) is 17.2 Å². The molecule has 170 valence electrons. The third kappa shape index (κ3) is 5.50. The summed E-state index contributed by atoms with van der Waals surface area (Å²) < 4.78 is 6.18. The quantitative estimate of drug-likeness (QED) is 0.662. The Kier molecular flexibility index (Phi) is 7.13. The molecule has 2 aliphatic heterocycles. The third-order valence-corrected chi connectivity index (χ3v) is 6.77. The van der Waals surface area contributed by atoms with Crippen LogP contribution in [0.1, 0.15) is 54.4 Å². The molecule has 5 heteroatoms. The number of rotatable bonds is 6. The van der Waals surface area contributed by atoms with E-state index in [0.29, 0.717) is 25.1 Å². The zero-order valence-electron chi connectivity index (χ0n) is 19.1. The van der Waals surface area contributed by atoms with Crippen molar-refractivity contribution in [2.45, 2.75) is 45.4 Å². The van der Waals surface area contributed by atoms with Crippen molar-refractivity contribution in [2.24, 2.45) is 5.41 Å². The summed E-state index contributed by atoms with van der Waals surface area (Å²) in [4.78, 5) is 30.4. The molecule has 2 fully saturated rings. The minimum absolute atomic E-state index is 0.0409. The lowest BCUT2D eigenvalue weighted by Gasteiger charge is -2.43. The van der Waals surface area contributed by atoms with Crippen LogP contribution in [0.4, 0.5) is 0 Å². The van der Waals surface area contributed by atoms with Gasteiger partial charge in [-0.05, 0) is 63.3 Å². The second-order valence-electron chi connectivity index (χ2n) is 9.42. The van der Waals surface area contributed by atoms with Crippen molar-refractivity contribution in [3.8, 4) is 5.75 Å². The van der Waals surface area contributed by atoms with Gasteiger partial charge in [0.15, 0.2) is 0 Å². The minimum Gasteiger partial charge on any atom is -0.493 e. The van der Waals surface area contributed by atoms with Crippen LogP contribution < -0.4 is 4.74 Å². The van der Waals surface area contributed by atoms with E-state index in [2.05, 4.69) is 0 Å². The number of benzene rings is 2. The number of piperidine rings is 2. The topological polar surface area (TPSA) is 49.9 Å². The average molecular weight is 435 g/mol. The van der Waals surface area contributed by atoms with Crippen molar-refractivity contribution in [1.82, 2.24) is 9.80 Å². The molecule has 4 rings (SSSR count). The molecule has 0 aromatic heterocycles. The first-order valence-corrected chi connectivity index (χ1v) is 11.9. The van der Waals surface area contributed by atoms with Gasteiger partial charge in [0.1, 0.15) is 5.75 Å². The van der Waals surface area contributed by atoms with E-state index in [1.54, 1.807) is 0 Å². The molecule has 0 N–H and O–H groups in total. The molecule has 2 heterocycles. The number of carbonyl (C=O) groups is 2. The van der Waals surface area contributed by atoms with Gasteiger partial charge in [0, 0.05) is 43.6 Å². The summed E-state index contributed by atoms with van der Waals surface area (Å²) >= 11 is 0. The third-order valence-electron chi connectivity index (χ3n) is 6.77. The number of ether oxygens (including phenoxy) is 1. The summed E-state index contributed by atoms with van der Waals surface area (Å²) in [7, 11) is 0. The summed E-state index contributed by atoms with van der Waals surface area (Å²) in [5, 5.41) is 0. The van der Waals surface area contributed by atoms with Gasteiger partial charge in [-0.25, -0.2) is 0 Å². The molecule has 0 saturated carbocycles. The number of hydrogen-bond donors (Lipinski definition) is 0. The van der Waals surface area contributed by atoms with Gasteiger partial charge in [0.05, 0.1) is 6.61 Å². The Hall–Kier alpha value is -2.82. The fourth-order valence-electron chi connectivity index (χ4n) is 4.90. The summed E-state index contributed by atoms with van der Waals surface area (Å²) in [6.45, 7) is 5.42. The van der Waals surface area contributed by atoms with E-state index < -0.39 is 0 Å². The Balaban J connectivity index is 1.52. The lowest BCUT2D eigenvalue weighted by atomic mass is 9.77. The first-order chi connectivity index (χ1) is 15.5. The molecule has 2 aliphatic rings. The maximum Gasteiger partial charge on any atom is 0.253 e. The molecule has 0 unspecified atom stereocenters. The monoisotopic (exact) mass is 434 g/mol. The van der Waals surface area contributed by atoms with Gasteiger partial charge in [0.2, 0.25) is 5.91 Å². The van der Waals surface area contributed by atoms with Gasteiger partial charge in [0.25, 0.3) is 5.91 Å². The lowest BCUT2D eigenvalue weighted by Crippen LogP contribution is -2.51.